The zero-order valence-corrected chi connectivity index (χ0v) is 21.5. The van der Waals surface area contributed by atoms with Gasteiger partial charge in [-0.15, -0.1) is 0 Å². The normalized spacial score (nSPS) is 12.7. The van der Waals surface area contributed by atoms with Crippen LogP contribution in [0.3, 0.4) is 0 Å². The van der Waals surface area contributed by atoms with Gasteiger partial charge in [0.25, 0.3) is 0 Å². The number of ether oxygens (including phenoxy) is 1. The second kappa shape index (κ2) is 12.7. The summed E-state index contributed by atoms with van der Waals surface area (Å²) in [6.07, 6.45) is -1.31. The topological polar surface area (TPSA) is 131 Å². The van der Waals surface area contributed by atoms with Crippen LogP contribution in [0.25, 0.3) is 0 Å². The van der Waals surface area contributed by atoms with E-state index >= 15 is 0 Å². The highest BCUT2D eigenvalue weighted by atomic mass is 16.6. The lowest BCUT2D eigenvalue weighted by atomic mass is 9.97. The van der Waals surface area contributed by atoms with Crippen molar-refractivity contribution in [3.63, 3.8) is 0 Å². The minimum absolute atomic E-state index is 0.141. The molecule has 2 rings (SSSR count). The van der Waals surface area contributed by atoms with Gasteiger partial charge in [0, 0.05) is 13.1 Å². The van der Waals surface area contributed by atoms with Crippen LogP contribution in [0.2, 0.25) is 0 Å². The third-order valence-electron chi connectivity index (χ3n) is 5.37. The predicted octanol–water partition coefficient (Wildman–Crippen LogP) is 2.97. The van der Waals surface area contributed by atoms with Gasteiger partial charge in [0.1, 0.15) is 17.7 Å². The summed E-state index contributed by atoms with van der Waals surface area (Å²) in [5, 5.41) is 5.36. The molecule has 0 spiro atoms. The lowest BCUT2D eigenvalue weighted by Gasteiger charge is -2.34. The molecule has 2 atom stereocenters. The fourth-order valence-corrected chi connectivity index (χ4v) is 3.74. The first-order valence-electron chi connectivity index (χ1n) is 11.9. The number of carbonyl (C=O) groups excluding carboxylic acids is 4. The van der Waals surface area contributed by atoms with Crippen LogP contribution in [0.5, 0.6) is 0 Å². The predicted molar refractivity (Wildman–Crippen MR) is 137 cm³/mol. The number of alkyl carbamates (subject to hydrolysis) is 1. The van der Waals surface area contributed by atoms with Crippen LogP contribution < -0.4 is 16.4 Å². The summed E-state index contributed by atoms with van der Waals surface area (Å²) < 4.78 is 5.26. The SMILES string of the molecule is CCN(C(=O)C(CC(N)=O)NC(=O)OC(C)(C)C)C(C(=O)NCc1ccccc1)c1ccccc1C. The molecule has 0 radical (unpaired) electrons. The van der Waals surface area contributed by atoms with Crippen molar-refractivity contribution in [3.05, 3.63) is 71.3 Å². The Kier molecular flexibility index (Phi) is 10.0. The van der Waals surface area contributed by atoms with E-state index in [0.29, 0.717) is 5.56 Å². The van der Waals surface area contributed by atoms with Gasteiger partial charge in [-0.25, -0.2) is 4.79 Å². The van der Waals surface area contributed by atoms with E-state index in [1.54, 1.807) is 39.8 Å². The van der Waals surface area contributed by atoms with Crippen molar-refractivity contribution in [1.29, 1.82) is 0 Å². The molecule has 0 aliphatic carbocycles. The number of nitrogens with zero attached hydrogens (tertiary/aromatic N) is 1. The molecule has 2 aromatic carbocycles. The van der Waals surface area contributed by atoms with Crippen LogP contribution in [0.15, 0.2) is 54.6 Å². The van der Waals surface area contributed by atoms with Crippen molar-refractivity contribution in [2.24, 2.45) is 5.73 Å². The molecule has 0 saturated carbocycles. The summed E-state index contributed by atoms with van der Waals surface area (Å²) in [5.74, 6) is -1.79. The van der Waals surface area contributed by atoms with E-state index < -0.39 is 47.9 Å². The average Bonchev–Trinajstić information content (AvgIpc) is 2.80. The number of nitrogens with two attached hydrogens (primary N) is 1. The molecule has 194 valence electrons. The van der Waals surface area contributed by atoms with Gasteiger partial charge in [-0.05, 0) is 51.3 Å². The van der Waals surface area contributed by atoms with E-state index in [-0.39, 0.29) is 13.1 Å². The maximum absolute atomic E-state index is 13.7. The number of carbonyl (C=O) groups is 4. The Morgan fingerprint density at radius 2 is 1.61 bits per heavy atom. The zero-order chi connectivity index (χ0) is 26.9. The van der Waals surface area contributed by atoms with Gasteiger partial charge in [-0.1, -0.05) is 54.6 Å². The van der Waals surface area contributed by atoms with Crippen LogP contribution in [-0.2, 0) is 25.7 Å². The number of likely N-dealkylation sites (N-methyl/N-ethyl adjacent to an activating group) is 1. The number of amides is 4. The van der Waals surface area contributed by atoms with Crippen molar-refractivity contribution in [2.75, 3.05) is 6.54 Å². The third-order valence-corrected chi connectivity index (χ3v) is 5.37. The summed E-state index contributed by atoms with van der Waals surface area (Å²) in [4.78, 5) is 52.7. The smallest absolute Gasteiger partial charge is 0.408 e. The van der Waals surface area contributed by atoms with Crippen LogP contribution >= 0.6 is 0 Å². The Morgan fingerprint density at radius 1 is 1.00 bits per heavy atom. The number of hydrogen-bond acceptors (Lipinski definition) is 5. The molecule has 2 aromatic rings. The van der Waals surface area contributed by atoms with Crippen LogP contribution in [0.4, 0.5) is 4.79 Å². The Bertz CT molecular complexity index is 1070. The van der Waals surface area contributed by atoms with Gasteiger partial charge in [0.05, 0.1) is 6.42 Å². The maximum Gasteiger partial charge on any atom is 0.408 e. The zero-order valence-electron chi connectivity index (χ0n) is 21.5. The number of aryl methyl sites for hydroxylation is 1. The quantitative estimate of drug-likeness (QED) is 0.465. The maximum atomic E-state index is 13.7. The number of rotatable bonds is 10. The molecule has 0 saturated heterocycles. The molecule has 0 heterocycles. The summed E-state index contributed by atoms with van der Waals surface area (Å²) in [6.45, 7) is 9.04. The number of hydrogen-bond donors (Lipinski definition) is 3. The third kappa shape index (κ3) is 8.41. The fraction of sp³-hybridized carbons (Fsp3) is 0.407. The summed E-state index contributed by atoms with van der Waals surface area (Å²) in [5.41, 5.74) is 6.92. The van der Waals surface area contributed by atoms with Gasteiger partial charge in [0.15, 0.2) is 0 Å². The van der Waals surface area contributed by atoms with E-state index in [0.717, 1.165) is 11.1 Å². The molecule has 36 heavy (non-hydrogen) atoms. The van der Waals surface area contributed by atoms with Crippen molar-refractivity contribution >= 4 is 23.8 Å². The molecule has 0 bridgehead atoms. The summed E-state index contributed by atoms with van der Waals surface area (Å²) >= 11 is 0. The first-order chi connectivity index (χ1) is 16.9. The second-order valence-corrected chi connectivity index (χ2v) is 9.46. The number of primary amides is 1. The molecule has 0 fully saturated rings. The average molecular weight is 497 g/mol. The van der Waals surface area contributed by atoms with E-state index in [2.05, 4.69) is 10.6 Å². The van der Waals surface area contributed by atoms with Gasteiger partial charge >= 0.3 is 6.09 Å². The summed E-state index contributed by atoms with van der Waals surface area (Å²) in [7, 11) is 0. The van der Waals surface area contributed by atoms with Crippen molar-refractivity contribution in [3.8, 4) is 0 Å². The fourth-order valence-electron chi connectivity index (χ4n) is 3.74. The Morgan fingerprint density at radius 3 is 2.17 bits per heavy atom. The van der Waals surface area contributed by atoms with Crippen LogP contribution in [-0.4, -0.2) is 46.9 Å². The molecular weight excluding hydrogens is 460 g/mol. The Labute approximate surface area is 212 Å². The van der Waals surface area contributed by atoms with Crippen LogP contribution in [0, 0.1) is 6.92 Å². The second-order valence-electron chi connectivity index (χ2n) is 9.46. The van der Waals surface area contributed by atoms with Gasteiger partial charge in [-0.2, -0.15) is 0 Å². The first kappa shape index (κ1) is 28.4. The van der Waals surface area contributed by atoms with E-state index in [1.165, 1.54) is 4.90 Å². The largest absolute Gasteiger partial charge is 0.444 e. The Balaban J connectivity index is 2.39. The molecule has 0 aromatic heterocycles. The Hall–Kier alpha value is -3.88. The van der Waals surface area contributed by atoms with Gasteiger partial charge in [-0.3, -0.25) is 14.4 Å². The highest BCUT2D eigenvalue weighted by Gasteiger charge is 2.36. The monoisotopic (exact) mass is 496 g/mol. The van der Waals surface area contributed by atoms with Crippen LogP contribution in [0.1, 0.15) is 56.8 Å². The minimum Gasteiger partial charge on any atom is -0.444 e. The molecule has 0 aliphatic rings. The molecule has 0 aliphatic heterocycles. The molecule has 9 heteroatoms. The van der Waals surface area contributed by atoms with Crippen molar-refractivity contribution in [2.45, 2.75) is 65.3 Å². The van der Waals surface area contributed by atoms with Crippen molar-refractivity contribution in [1.82, 2.24) is 15.5 Å². The number of benzene rings is 2. The standard InChI is InChI=1S/C27H36N4O5/c1-6-31(25(34)21(16-22(28)32)30-26(35)36-27(3,4)5)23(20-15-11-10-12-18(20)2)24(33)29-17-19-13-8-7-9-14-19/h7-15,21,23H,6,16-17H2,1-5H3,(H2,28,32)(H,29,33)(H,30,35). The molecule has 2 unspecified atom stereocenters. The minimum atomic E-state index is -1.30. The highest BCUT2D eigenvalue weighted by molar-refractivity contribution is 5.94. The summed E-state index contributed by atoms with van der Waals surface area (Å²) in [6, 6.07) is 14.4. The van der Waals surface area contributed by atoms with E-state index in [1.807, 2.05) is 49.4 Å². The first-order valence-corrected chi connectivity index (χ1v) is 11.9. The number of nitrogens with one attached hydrogen (secondary N) is 2. The molecule has 4 N–H and O–H groups in total. The van der Waals surface area contributed by atoms with E-state index in [9.17, 15) is 19.2 Å². The highest BCUT2D eigenvalue weighted by Crippen LogP contribution is 2.26. The van der Waals surface area contributed by atoms with Crippen molar-refractivity contribution < 1.29 is 23.9 Å². The van der Waals surface area contributed by atoms with Gasteiger partial charge in [0.2, 0.25) is 17.7 Å². The lowest BCUT2D eigenvalue weighted by Crippen LogP contribution is -2.54. The molecule has 9 nitrogen and oxygen atoms in total. The molecule has 4 amide bonds. The van der Waals surface area contributed by atoms with Gasteiger partial charge < -0.3 is 26.0 Å². The van der Waals surface area contributed by atoms with E-state index in [4.69, 9.17) is 10.5 Å². The lowest BCUT2D eigenvalue weighted by molar-refractivity contribution is -0.143. The molecular formula is C27H36N4O5.